The fourth-order valence-corrected chi connectivity index (χ4v) is 4.89. The molecule has 1 aliphatic heterocycles. The van der Waals surface area contributed by atoms with E-state index in [1.165, 1.54) is 4.90 Å². The van der Waals surface area contributed by atoms with Crippen molar-refractivity contribution in [3.63, 3.8) is 0 Å². The number of rotatable bonds is 16. The summed E-state index contributed by atoms with van der Waals surface area (Å²) in [6, 6.07) is 17.3. The fourth-order valence-electron chi connectivity index (χ4n) is 4.89. The first-order chi connectivity index (χ1) is 22.4. The molecule has 5 atom stereocenters. The number of unbranched alkanes of at least 4 members (excludes halogenated alkanes) is 4. The van der Waals surface area contributed by atoms with Gasteiger partial charge in [-0.25, -0.2) is 9.63 Å². The Morgan fingerprint density at radius 1 is 0.830 bits per heavy atom. The Hall–Kier alpha value is -3.59. The van der Waals surface area contributed by atoms with Gasteiger partial charge in [0.05, 0.1) is 12.3 Å². The van der Waals surface area contributed by atoms with E-state index < -0.39 is 54.9 Å². The molecule has 1 saturated heterocycles. The summed E-state index contributed by atoms with van der Waals surface area (Å²) in [7, 11) is 0. The zero-order valence-electron chi connectivity index (χ0n) is 27.4. The second kappa shape index (κ2) is 18.7. The maximum absolute atomic E-state index is 13.5. The van der Waals surface area contributed by atoms with Crippen LogP contribution in [-0.4, -0.2) is 106 Å². The van der Waals surface area contributed by atoms with E-state index in [2.05, 4.69) is 5.32 Å². The highest BCUT2D eigenvalue weighted by Gasteiger charge is 2.45. The van der Waals surface area contributed by atoms with Crippen LogP contribution < -0.4 is 10.4 Å². The molecule has 260 valence electrons. The number of hydrogen-bond acceptors (Lipinski definition) is 10. The van der Waals surface area contributed by atoms with Crippen molar-refractivity contribution in [1.29, 1.82) is 0 Å². The van der Waals surface area contributed by atoms with Gasteiger partial charge < -0.3 is 40.1 Å². The lowest BCUT2D eigenvalue weighted by Gasteiger charge is -2.40. The minimum Gasteiger partial charge on any atom is -0.444 e. The number of carbonyl (C=O) groups excluding carboxylic acids is 3. The Balaban J connectivity index is 1.55. The smallest absolute Gasteiger partial charge is 0.410 e. The van der Waals surface area contributed by atoms with E-state index in [0.29, 0.717) is 30.8 Å². The normalized spacial score (nSPS) is 21.1. The summed E-state index contributed by atoms with van der Waals surface area (Å²) in [4.78, 5) is 46.0. The van der Waals surface area contributed by atoms with Gasteiger partial charge in [-0.15, -0.1) is 0 Å². The summed E-state index contributed by atoms with van der Waals surface area (Å²) in [6.45, 7) is 5.57. The molecule has 0 bridgehead atoms. The van der Waals surface area contributed by atoms with Crippen molar-refractivity contribution in [2.45, 2.75) is 95.6 Å². The van der Waals surface area contributed by atoms with E-state index in [-0.39, 0.29) is 18.9 Å². The van der Waals surface area contributed by atoms with E-state index in [0.717, 1.165) is 30.7 Å². The predicted molar refractivity (Wildman–Crippen MR) is 173 cm³/mol. The Labute approximate surface area is 276 Å². The van der Waals surface area contributed by atoms with Crippen LogP contribution in [-0.2, 0) is 19.1 Å². The summed E-state index contributed by atoms with van der Waals surface area (Å²) in [5, 5.41) is 44.2. The Bertz CT molecular complexity index is 1240. The molecule has 13 heteroatoms. The van der Waals surface area contributed by atoms with Crippen LogP contribution in [0.1, 0.15) is 69.7 Å². The molecule has 0 aromatic heterocycles. The molecule has 1 aliphatic rings. The van der Waals surface area contributed by atoms with E-state index >= 15 is 0 Å². The maximum atomic E-state index is 13.5. The Morgan fingerprint density at radius 2 is 1.45 bits per heavy atom. The van der Waals surface area contributed by atoms with Gasteiger partial charge in [0.15, 0.2) is 0 Å². The topological polar surface area (TPSA) is 178 Å². The molecule has 0 aliphatic carbocycles. The molecule has 1 heterocycles. The quantitative estimate of drug-likeness (QED) is 0.133. The summed E-state index contributed by atoms with van der Waals surface area (Å²) in [5.41, 5.74) is 0.185. The van der Waals surface area contributed by atoms with Crippen LogP contribution in [0.4, 0.5) is 10.5 Å². The van der Waals surface area contributed by atoms with E-state index in [4.69, 9.17) is 14.3 Å². The van der Waals surface area contributed by atoms with Gasteiger partial charge in [0.1, 0.15) is 30.0 Å². The molecule has 5 unspecified atom stereocenters. The number of benzene rings is 2. The number of carbonyl (C=O) groups is 3. The average Bonchev–Trinajstić information content (AvgIpc) is 3.05. The minimum absolute atomic E-state index is 0.0145. The van der Waals surface area contributed by atoms with Crippen molar-refractivity contribution in [2.24, 2.45) is 0 Å². The van der Waals surface area contributed by atoms with Crippen LogP contribution in [0.3, 0.4) is 0 Å². The van der Waals surface area contributed by atoms with Crippen LogP contribution in [0.25, 0.3) is 0 Å². The first kappa shape index (κ1) is 37.9. The second-order valence-corrected chi connectivity index (χ2v) is 12.4. The molecule has 3 rings (SSSR count). The highest BCUT2D eigenvalue weighted by molar-refractivity contribution is 5.94. The van der Waals surface area contributed by atoms with Crippen molar-refractivity contribution >= 4 is 23.6 Å². The minimum atomic E-state index is -1.72. The van der Waals surface area contributed by atoms with Crippen molar-refractivity contribution < 1.29 is 49.1 Å². The maximum Gasteiger partial charge on any atom is 0.410 e. The summed E-state index contributed by atoms with van der Waals surface area (Å²) in [6.07, 6.45) is -4.39. The summed E-state index contributed by atoms with van der Waals surface area (Å²) in [5.74, 6) is -0.670. The third kappa shape index (κ3) is 12.2. The van der Waals surface area contributed by atoms with Crippen LogP contribution in [0.5, 0.6) is 0 Å². The molecular formula is C34H49N3O10. The zero-order valence-corrected chi connectivity index (χ0v) is 27.4. The predicted octanol–water partition coefficient (Wildman–Crippen LogP) is 2.76. The number of nitrogens with zero attached hydrogens (tertiary/aromatic N) is 2. The number of para-hydroxylation sites is 1. The first-order valence-corrected chi connectivity index (χ1v) is 16.1. The van der Waals surface area contributed by atoms with Gasteiger partial charge in [0, 0.05) is 31.6 Å². The number of ether oxygens (including phenoxy) is 2. The molecule has 3 amide bonds. The monoisotopic (exact) mass is 659 g/mol. The molecule has 2 aromatic rings. The number of hydrogen-bond donors (Lipinski definition) is 5. The standard InChI is InChI=1S/C34H49N3O10/c1-34(2,3)46-33(44)36(21-14-6-4-5-13-20-35-31(43)24-15-9-7-10-16-24)22-19-27(39)37(25-17-11-8-12-18-25)47-32-30(42)29(41)28(40)26(23-38)45-32/h7-12,15-18,26,28-30,32,38,40-42H,4-6,13-14,19-23H2,1-3H3,(H,35,43). The number of nitrogens with one attached hydrogen (secondary N) is 1. The average molecular weight is 660 g/mol. The number of amides is 3. The molecule has 13 nitrogen and oxygen atoms in total. The second-order valence-electron chi connectivity index (χ2n) is 12.4. The highest BCUT2D eigenvalue weighted by atomic mass is 16.8. The first-order valence-electron chi connectivity index (χ1n) is 16.1. The van der Waals surface area contributed by atoms with Crippen LogP contribution in [0.15, 0.2) is 60.7 Å². The van der Waals surface area contributed by atoms with Gasteiger partial charge in [-0.1, -0.05) is 55.7 Å². The SMILES string of the molecule is CC(C)(C)OC(=O)N(CCCCCCCNC(=O)c1ccccc1)CCC(=O)N(OC1OC(CO)C(O)C(O)C1O)c1ccccc1. The lowest BCUT2D eigenvalue weighted by molar-refractivity contribution is -0.302. The van der Waals surface area contributed by atoms with Gasteiger partial charge in [0.2, 0.25) is 6.29 Å². The lowest BCUT2D eigenvalue weighted by Crippen LogP contribution is -2.60. The summed E-state index contributed by atoms with van der Waals surface area (Å²) >= 11 is 0. The molecule has 5 N–H and O–H groups in total. The third-order valence-electron chi connectivity index (χ3n) is 7.45. The van der Waals surface area contributed by atoms with Crippen LogP contribution in [0, 0.1) is 0 Å². The van der Waals surface area contributed by atoms with Gasteiger partial charge in [-0.3, -0.25) is 9.59 Å². The van der Waals surface area contributed by atoms with Crippen molar-refractivity contribution in [1.82, 2.24) is 10.2 Å². The molecule has 0 saturated carbocycles. The highest BCUT2D eigenvalue weighted by Crippen LogP contribution is 2.26. The van der Waals surface area contributed by atoms with Gasteiger partial charge in [-0.05, 0) is 57.9 Å². The molecule has 47 heavy (non-hydrogen) atoms. The largest absolute Gasteiger partial charge is 0.444 e. The Morgan fingerprint density at radius 3 is 2.09 bits per heavy atom. The summed E-state index contributed by atoms with van der Waals surface area (Å²) < 4.78 is 11.0. The van der Waals surface area contributed by atoms with Crippen molar-refractivity contribution in [3.8, 4) is 0 Å². The zero-order chi connectivity index (χ0) is 34.4. The van der Waals surface area contributed by atoms with E-state index in [1.54, 1.807) is 63.2 Å². The van der Waals surface area contributed by atoms with E-state index in [9.17, 15) is 34.8 Å². The number of hydroxylamine groups is 1. The molecule has 2 aromatic carbocycles. The van der Waals surface area contributed by atoms with Crippen LogP contribution in [0.2, 0.25) is 0 Å². The lowest BCUT2D eigenvalue weighted by atomic mass is 9.99. The molecular weight excluding hydrogens is 610 g/mol. The van der Waals surface area contributed by atoms with Crippen molar-refractivity contribution in [3.05, 3.63) is 66.2 Å². The molecule has 1 fully saturated rings. The van der Waals surface area contributed by atoms with Gasteiger partial charge in [-0.2, -0.15) is 5.06 Å². The van der Waals surface area contributed by atoms with Gasteiger partial charge in [0.25, 0.3) is 11.8 Å². The number of aliphatic hydroxyl groups is 4. The number of anilines is 1. The molecule has 0 radical (unpaired) electrons. The number of aliphatic hydroxyl groups excluding tert-OH is 4. The fraction of sp³-hybridized carbons (Fsp3) is 0.559. The Kier molecular flexibility index (Phi) is 15.0. The van der Waals surface area contributed by atoms with Crippen LogP contribution >= 0.6 is 0 Å². The van der Waals surface area contributed by atoms with Crippen molar-refractivity contribution in [2.75, 3.05) is 31.3 Å². The molecule has 0 spiro atoms. The van der Waals surface area contributed by atoms with E-state index in [1.807, 2.05) is 18.2 Å². The third-order valence-corrected chi connectivity index (χ3v) is 7.45. The van der Waals surface area contributed by atoms with Gasteiger partial charge >= 0.3 is 6.09 Å².